The molecule has 0 atom stereocenters. The van der Waals surface area contributed by atoms with Crippen LogP contribution in [0.1, 0.15) is 0 Å². The first-order valence-electron chi connectivity index (χ1n) is 7.72. The minimum atomic E-state index is -0.551. The molecule has 7 heteroatoms. The summed E-state index contributed by atoms with van der Waals surface area (Å²) in [6.45, 7) is 2.48. The number of ether oxygens (including phenoxy) is 1. The molecule has 1 saturated heterocycles. The summed E-state index contributed by atoms with van der Waals surface area (Å²) >= 11 is 0. The van der Waals surface area contributed by atoms with Gasteiger partial charge in [-0.25, -0.2) is 9.78 Å². The van der Waals surface area contributed by atoms with Gasteiger partial charge in [-0.1, -0.05) is 12.1 Å². The van der Waals surface area contributed by atoms with Crippen LogP contribution in [-0.2, 0) is 0 Å². The summed E-state index contributed by atoms with van der Waals surface area (Å²) in [5, 5.41) is 3.15. The Morgan fingerprint density at radius 2 is 1.96 bits per heavy atom. The van der Waals surface area contributed by atoms with Gasteiger partial charge in [0.2, 0.25) is 11.2 Å². The molecule has 0 aromatic heterocycles. The maximum absolute atomic E-state index is 12.3. The molecule has 0 spiro atoms. The fourth-order valence-electron chi connectivity index (χ4n) is 2.69. The Morgan fingerprint density at radius 1 is 1.17 bits per heavy atom. The molecule has 0 radical (unpaired) electrons. The van der Waals surface area contributed by atoms with Crippen molar-refractivity contribution in [3.8, 4) is 17.2 Å². The monoisotopic (exact) mass is 325 g/mol. The number of piperazine rings is 1. The molecule has 2 heterocycles. The number of amides is 1. The fourth-order valence-corrected chi connectivity index (χ4v) is 2.69. The number of benzene rings is 2. The summed E-state index contributed by atoms with van der Waals surface area (Å²) in [4.78, 5) is 30.5. The van der Waals surface area contributed by atoms with Crippen molar-refractivity contribution in [2.24, 2.45) is 0 Å². The molecule has 24 heavy (non-hydrogen) atoms. The van der Waals surface area contributed by atoms with Crippen LogP contribution in [0.25, 0.3) is 22.6 Å². The highest BCUT2D eigenvalue weighted by atomic mass is 16.6. The average molecular weight is 325 g/mol. The number of hydrogen-bond acceptors (Lipinski definition) is 6. The molecule has 1 aromatic rings. The van der Waals surface area contributed by atoms with Crippen LogP contribution in [0.5, 0.6) is 5.75 Å². The zero-order valence-electron chi connectivity index (χ0n) is 12.8. The predicted octanol–water partition coefficient (Wildman–Crippen LogP) is 1.70. The summed E-state index contributed by atoms with van der Waals surface area (Å²) in [6.07, 6.45) is -0.551. The minimum absolute atomic E-state index is 0.116. The second-order valence-corrected chi connectivity index (χ2v) is 5.53. The first kappa shape index (κ1) is 14.6. The minimum Gasteiger partial charge on any atom is -0.449 e. The second kappa shape index (κ2) is 5.93. The van der Waals surface area contributed by atoms with Crippen molar-refractivity contribution in [2.75, 3.05) is 26.2 Å². The van der Waals surface area contributed by atoms with Crippen molar-refractivity contribution in [1.29, 1.82) is 0 Å². The highest BCUT2D eigenvalue weighted by molar-refractivity contribution is 5.79. The second-order valence-electron chi connectivity index (χ2n) is 5.53. The zero-order valence-corrected chi connectivity index (χ0v) is 12.8. The van der Waals surface area contributed by atoms with Crippen molar-refractivity contribution in [3.63, 3.8) is 0 Å². The molecule has 1 amide bonds. The molecule has 122 valence electrons. The van der Waals surface area contributed by atoms with E-state index >= 15 is 0 Å². The van der Waals surface area contributed by atoms with Crippen LogP contribution in [0.2, 0.25) is 0 Å². The molecular weight excluding hydrogens is 310 g/mol. The van der Waals surface area contributed by atoms with Crippen LogP contribution in [0, 0.1) is 0 Å². The lowest BCUT2D eigenvalue weighted by Crippen LogP contribution is -2.47. The Labute approximate surface area is 137 Å². The number of carbonyl (C=O) groups excluding carboxylic acids is 1. The van der Waals surface area contributed by atoms with Gasteiger partial charge < -0.3 is 19.4 Å². The molecule has 1 N–H and O–H groups in total. The first-order chi connectivity index (χ1) is 11.7. The van der Waals surface area contributed by atoms with Crippen molar-refractivity contribution >= 4 is 17.2 Å². The Morgan fingerprint density at radius 3 is 2.79 bits per heavy atom. The molecule has 2 aliphatic heterocycles. The van der Waals surface area contributed by atoms with Crippen LogP contribution in [-0.4, -0.2) is 42.2 Å². The summed E-state index contributed by atoms with van der Waals surface area (Å²) in [7, 11) is 0. The first-order valence-corrected chi connectivity index (χ1v) is 7.72. The standard InChI is InChI=1S/C17H15N3O4/c21-13-6-5-12-15(23-14-4-2-1-3-11(14)19-12)16(13)24-17(22)20-9-7-18-8-10-20/h1-6,18H,7-10H2. The van der Waals surface area contributed by atoms with Crippen molar-refractivity contribution in [3.05, 3.63) is 46.6 Å². The van der Waals surface area contributed by atoms with Crippen LogP contribution in [0.4, 0.5) is 4.79 Å². The van der Waals surface area contributed by atoms with E-state index in [2.05, 4.69) is 10.3 Å². The van der Waals surface area contributed by atoms with Gasteiger partial charge in [0.25, 0.3) is 0 Å². The molecule has 1 aromatic carbocycles. The van der Waals surface area contributed by atoms with Gasteiger partial charge in [0.15, 0.2) is 11.3 Å². The normalized spacial score (nSPS) is 14.9. The number of fused-ring (bicyclic) bond motifs is 2. The maximum Gasteiger partial charge on any atom is 0.415 e. The predicted molar refractivity (Wildman–Crippen MR) is 87.4 cm³/mol. The van der Waals surface area contributed by atoms with Gasteiger partial charge in [0, 0.05) is 26.2 Å². The quantitative estimate of drug-likeness (QED) is 0.686. The molecule has 4 rings (SSSR count). The fraction of sp³-hybridized carbons (Fsp3) is 0.235. The SMILES string of the molecule is O=C(Oc1c2oc3ccccc3nc-2ccc1=O)N1CCNCC1. The molecule has 0 unspecified atom stereocenters. The molecular formula is C17H15N3O4. The van der Waals surface area contributed by atoms with E-state index in [0.29, 0.717) is 43.0 Å². The maximum atomic E-state index is 12.3. The number of carbonyl (C=O) groups is 1. The Hall–Kier alpha value is -2.93. The summed E-state index contributed by atoms with van der Waals surface area (Å²) < 4.78 is 11.1. The molecule has 1 aliphatic carbocycles. The number of rotatable bonds is 1. The van der Waals surface area contributed by atoms with E-state index in [1.807, 2.05) is 18.2 Å². The van der Waals surface area contributed by atoms with E-state index in [-0.39, 0.29) is 11.5 Å². The summed E-state index contributed by atoms with van der Waals surface area (Å²) in [5.41, 5.74) is 1.25. The van der Waals surface area contributed by atoms with E-state index in [1.54, 1.807) is 17.0 Å². The summed E-state index contributed by atoms with van der Waals surface area (Å²) in [6, 6.07) is 10.1. The van der Waals surface area contributed by atoms with Gasteiger partial charge in [-0.15, -0.1) is 0 Å². The Kier molecular flexibility index (Phi) is 3.62. The third-order valence-electron chi connectivity index (χ3n) is 3.94. The number of hydrogen-bond donors (Lipinski definition) is 1. The summed E-state index contributed by atoms with van der Waals surface area (Å²) in [5.74, 6) is 0.0685. The van der Waals surface area contributed by atoms with Gasteiger partial charge in [0.1, 0.15) is 11.2 Å². The van der Waals surface area contributed by atoms with Gasteiger partial charge in [0.05, 0.1) is 0 Å². The van der Waals surface area contributed by atoms with Crippen LogP contribution in [0.3, 0.4) is 0 Å². The molecule has 3 aliphatic rings. The third-order valence-corrected chi connectivity index (χ3v) is 3.94. The molecule has 0 saturated carbocycles. The third kappa shape index (κ3) is 2.59. The highest BCUT2D eigenvalue weighted by Crippen LogP contribution is 2.30. The number of aromatic nitrogens is 1. The lowest BCUT2D eigenvalue weighted by Gasteiger charge is -2.26. The van der Waals surface area contributed by atoms with Gasteiger partial charge >= 0.3 is 6.09 Å². The van der Waals surface area contributed by atoms with Gasteiger partial charge in [-0.2, -0.15) is 0 Å². The topological polar surface area (TPSA) is 84.7 Å². The van der Waals surface area contributed by atoms with E-state index in [1.165, 1.54) is 6.07 Å². The molecule has 1 fully saturated rings. The van der Waals surface area contributed by atoms with Crippen LogP contribution >= 0.6 is 0 Å². The van der Waals surface area contributed by atoms with Crippen LogP contribution in [0.15, 0.2) is 45.6 Å². The lowest BCUT2D eigenvalue weighted by atomic mass is 10.2. The number of nitrogens with zero attached hydrogens (tertiary/aromatic N) is 2. The number of para-hydroxylation sites is 2. The van der Waals surface area contributed by atoms with Crippen molar-refractivity contribution < 1.29 is 13.9 Å². The van der Waals surface area contributed by atoms with Crippen molar-refractivity contribution in [1.82, 2.24) is 15.2 Å². The molecule has 7 nitrogen and oxygen atoms in total. The Bertz CT molecular complexity index is 931. The average Bonchev–Trinajstić information content (AvgIpc) is 2.63. The van der Waals surface area contributed by atoms with E-state index in [4.69, 9.17) is 9.15 Å². The van der Waals surface area contributed by atoms with Gasteiger partial charge in [-0.3, -0.25) is 4.79 Å². The largest absolute Gasteiger partial charge is 0.449 e. The molecule has 0 bridgehead atoms. The smallest absolute Gasteiger partial charge is 0.415 e. The number of nitrogens with one attached hydrogen (secondary N) is 1. The van der Waals surface area contributed by atoms with Gasteiger partial charge in [-0.05, 0) is 24.3 Å². The van der Waals surface area contributed by atoms with Crippen LogP contribution < -0.4 is 15.5 Å². The van der Waals surface area contributed by atoms with E-state index < -0.39 is 11.5 Å². The Balaban J connectivity index is 1.76. The van der Waals surface area contributed by atoms with E-state index in [0.717, 1.165) is 0 Å². The van der Waals surface area contributed by atoms with Crippen molar-refractivity contribution in [2.45, 2.75) is 0 Å². The van der Waals surface area contributed by atoms with E-state index in [9.17, 15) is 9.59 Å². The lowest BCUT2D eigenvalue weighted by molar-refractivity contribution is 0.145. The zero-order chi connectivity index (χ0) is 16.5. The highest BCUT2D eigenvalue weighted by Gasteiger charge is 2.24.